The zero-order valence-corrected chi connectivity index (χ0v) is 9.69. The van der Waals surface area contributed by atoms with Crippen LogP contribution >= 0.6 is 0 Å². The number of allylic oxidation sites excluding steroid dienone is 7. The Bertz CT molecular complexity index is 523. The SMILES string of the molecule is OB(O)c1ccc(/C(O)=C\C=C2C=CC=C2)cc1. The molecule has 3 nitrogen and oxygen atoms in total. The molecule has 3 N–H and O–H groups in total. The molecule has 0 atom stereocenters. The molecule has 4 heteroatoms. The third-order valence-electron chi connectivity index (χ3n) is 2.63. The van der Waals surface area contributed by atoms with Crippen molar-refractivity contribution in [1.82, 2.24) is 0 Å². The molecule has 0 heterocycles. The van der Waals surface area contributed by atoms with Crippen LogP contribution in [-0.2, 0) is 0 Å². The van der Waals surface area contributed by atoms with Crippen molar-refractivity contribution in [3.63, 3.8) is 0 Å². The lowest BCUT2D eigenvalue weighted by atomic mass is 9.80. The minimum absolute atomic E-state index is 0.134. The fraction of sp³-hybridized carbons (Fsp3) is 0. The van der Waals surface area contributed by atoms with Crippen LogP contribution in [0.15, 0.2) is 66.3 Å². The average Bonchev–Trinajstić information content (AvgIpc) is 2.89. The van der Waals surface area contributed by atoms with Gasteiger partial charge in [-0.05, 0) is 17.1 Å². The fourth-order valence-corrected chi connectivity index (χ4v) is 1.60. The molecule has 0 unspecified atom stereocenters. The zero-order valence-electron chi connectivity index (χ0n) is 9.69. The number of benzene rings is 1. The third kappa shape index (κ3) is 3.00. The van der Waals surface area contributed by atoms with Crippen molar-refractivity contribution < 1.29 is 15.2 Å². The van der Waals surface area contributed by atoms with Crippen LogP contribution in [0.4, 0.5) is 0 Å². The molecule has 0 bridgehead atoms. The van der Waals surface area contributed by atoms with Gasteiger partial charge in [0.2, 0.25) is 0 Å². The van der Waals surface area contributed by atoms with E-state index >= 15 is 0 Å². The smallest absolute Gasteiger partial charge is 0.488 e. The minimum atomic E-state index is -1.49. The molecular formula is C14H13BO3. The van der Waals surface area contributed by atoms with Crippen LogP contribution < -0.4 is 5.46 Å². The Morgan fingerprint density at radius 2 is 1.61 bits per heavy atom. The molecular weight excluding hydrogens is 227 g/mol. The first-order valence-corrected chi connectivity index (χ1v) is 5.59. The highest BCUT2D eigenvalue weighted by Crippen LogP contribution is 2.12. The van der Waals surface area contributed by atoms with Crippen LogP contribution in [0, 0.1) is 0 Å². The van der Waals surface area contributed by atoms with Gasteiger partial charge in [0.25, 0.3) is 0 Å². The Kier molecular flexibility index (Phi) is 3.82. The summed E-state index contributed by atoms with van der Waals surface area (Å²) in [4.78, 5) is 0. The Hall–Kier alpha value is -2.04. The summed E-state index contributed by atoms with van der Waals surface area (Å²) in [5, 5.41) is 27.8. The molecule has 1 aliphatic rings. The summed E-state index contributed by atoms with van der Waals surface area (Å²) in [6, 6.07) is 6.40. The van der Waals surface area contributed by atoms with E-state index in [0.29, 0.717) is 11.0 Å². The molecule has 0 amide bonds. The van der Waals surface area contributed by atoms with Crippen molar-refractivity contribution in [3.8, 4) is 0 Å². The van der Waals surface area contributed by atoms with E-state index in [1.807, 2.05) is 30.4 Å². The lowest BCUT2D eigenvalue weighted by molar-refractivity contribution is 0.425. The number of hydrogen-bond donors (Lipinski definition) is 3. The molecule has 1 aliphatic carbocycles. The predicted octanol–water partition coefficient (Wildman–Crippen LogP) is 1.32. The number of rotatable bonds is 3. The average molecular weight is 240 g/mol. The first kappa shape index (κ1) is 12.4. The quantitative estimate of drug-likeness (QED) is 0.551. The maximum atomic E-state index is 9.85. The number of aliphatic hydroxyl groups is 1. The van der Waals surface area contributed by atoms with Crippen LogP contribution in [0.25, 0.3) is 5.76 Å². The van der Waals surface area contributed by atoms with E-state index in [4.69, 9.17) is 10.0 Å². The Labute approximate surface area is 106 Å². The molecule has 0 aromatic heterocycles. The van der Waals surface area contributed by atoms with Gasteiger partial charge in [-0.15, -0.1) is 0 Å². The lowest BCUT2D eigenvalue weighted by Crippen LogP contribution is -2.29. The first-order valence-electron chi connectivity index (χ1n) is 5.59. The van der Waals surface area contributed by atoms with E-state index in [0.717, 1.165) is 5.57 Å². The standard InChI is InChI=1S/C14H13BO3/c16-14(10-5-11-3-1-2-4-11)12-6-8-13(9-7-12)15(17)18/h1-10,16-18H/b14-10+. The number of aliphatic hydroxyl groups excluding tert-OH is 1. The minimum Gasteiger partial charge on any atom is -0.507 e. The van der Waals surface area contributed by atoms with Crippen molar-refractivity contribution in [2.75, 3.05) is 0 Å². The van der Waals surface area contributed by atoms with Gasteiger partial charge in [-0.25, -0.2) is 0 Å². The van der Waals surface area contributed by atoms with Crippen molar-refractivity contribution in [3.05, 3.63) is 71.9 Å². The van der Waals surface area contributed by atoms with Gasteiger partial charge in [-0.3, -0.25) is 0 Å². The van der Waals surface area contributed by atoms with E-state index < -0.39 is 7.12 Å². The predicted molar refractivity (Wildman–Crippen MR) is 73.2 cm³/mol. The third-order valence-corrected chi connectivity index (χ3v) is 2.63. The van der Waals surface area contributed by atoms with Gasteiger partial charge in [0.05, 0.1) is 0 Å². The van der Waals surface area contributed by atoms with Gasteiger partial charge in [0.15, 0.2) is 0 Å². The highest BCUT2D eigenvalue weighted by atomic mass is 16.4. The van der Waals surface area contributed by atoms with E-state index in [2.05, 4.69) is 0 Å². The van der Waals surface area contributed by atoms with E-state index in [9.17, 15) is 5.11 Å². The topological polar surface area (TPSA) is 60.7 Å². The van der Waals surface area contributed by atoms with Gasteiger partial charge in [-0.1, -0.05) is 54.6 Å². The van der Waals surface area contributed by atoms with Crippen molar-refractivity contribution >= 4 is 18.3 Å². The van der Waals surface area contributed by atoms with E-state index in [-0.39, 0.29) is 5.76 Å². The summed E-state index contributed by atoms with van der Waals surface area (Å²) >= 11 is 0. The maximum absolute atomic E-state index is 9.85. The molecule has 18 heavy (non-hydrogen) atoms. The van der Waals surface area contributed by atoms with Crippen molar-refractivity contribution in [1.29, 1.82) is 0 Å². The van der Waals surface area contributed by atoms with Gasteiger partial charge in [0.1, 0.15) is 5.76 Å². The van der Waals surface area contributed by atoms with Crippen LogP contribution in [-0.4, -0.2) is 22.3 Å². The van der Waals surface area contributed by atoms with Crippen LogP contribution in [0.3, 0.4) is 0 Å². The van der Waals surface area contributed by atoms with Crippen molar-refractivity contribution in [2.24, 2.45) is 0 Å². The second-order valence-corrected chi connectivity index (χ2v) is 3.93. The molecule has 0 fully saturated rings. The molecule has 0 saturated heterocycles. The molecule has 90 valence electrons. The highest BCUT2D eigenvalue weighted by Gasteiger charge is 2.10. The second kappa shape index (κ2) is 5.53. The van der Waals surface area contributed by atoms with E-state index in [1.54, 1.807) is 30.3 Å². The number of hydrogen-bond acceptors (Lipinski definition) is 3. The normalized spacial score (nSPS) is 14.1. The first-order chi connectivity index (χ1) is 8.66. The molecule has 0 spiro atoms. The zero-order chi connectivity index (χ0) is 13.0. The van der Waals surface area contributed by atoms with Crippen LogP contribution in [0.1, 0.15) is 5.56 Å². The summed E-state index contributed by atoms with van der Waals surface area (Å²) < 4.78 is 0. The maximum Gasteiger partial charge on any atom is 0.488 e. The van der Waals surface area contributed by atoms with Crippen LogP contribution in [0.2, 0.25) is 0 Å². The lowest BCUT2D eigenvalue weighted by Gasteiger charge is -2.02. The monoisotopic (exact) mass is 240 g/mol. The van der Waals surface area contributed by atoms with Gasteiger partial charge in [-0.2, -0.15) is 0 Å². The summed E-state index contributed by atoms with van der Waals surface area (Å²) in [5.74, 6) is 0.134. The Balaban J connectivity index is 2.15. The Morgan fingerprint density at radius 1 is 1.00 bits per heavy atom. The molecule has 1 aromatic carbocycles. The molecule has 1 aromatic rings. The summed E-state index contributed by atoms with van der Waals surface area (Å²) in [6.07, 6.45) is 11.1. The van der Waals surface area contributed by atoms with E-state index in [1.165, 1.54) is 0 Å². The molecule has 0 aliphatic heterocycles. The molecule has 0 saturated carbocycles. The summed E-state index contributed by atoms with van der Waals surface area (Å²) in [6.45, 7) is 0. The summed E-state index contributed by atoms with van der Waals surface area (Å²) in [5.41, 5.74) is 2.04. The van der Waals surface area contributed by atoms with Gasteiger partial charge in [0, 0.05) is 5.56 Å². The van der Waals surface area contributed by atoms with Gasteiger partial charge >= 0.3 is 7.12 Å². The molecule has 2 rings (SSSR count). The second-order valence-electron chi connectivity index (χ2n) is 3.93. The fourth-order valence-electron chi connectivity index (χ4n) is 1.60. The van der Waals surface area contributed by atoms with Gasteiger partial charge < -0.3 is 15.2 Å². The Morgan fingerprint density at radius 3 is 2.17 bits per heavy atom. The van der Waals surface area contributed by atoms with Crippen LogP contribution in [0.5, 0.6) is 0 Å². The highest BCUT2D eigenvalue weighted by molar-refractivity contribution is 6.58. The van der Waals surface area contributed by atoms with Crippen molar-refractivity contribution in [2.45, 2.75) is 0 Å². The largest absolute Gasteiger partial charge is 0.507 e. The summed E-state index contributed by atoms with van der Waals surface area (Å²) in [7, 11) is -1.49. The molecule has 0 radical (unpaired) electrons.